The molecule has 1 unspecified atom stereocenters. The van der Waals surface area contributed by atoms with E-state index in [0.29, 0.717) is 28.9 Å². The molecule has 3 aromatic rings. The Morgan fingerprint density at radius 2 is 1.65 bits per heavy atom. The van der Waals surface area contributed by atoms with E-state index >= 15 is 0 Å². The average molecular weight is 487 g/mol. The zero-order valence-corrected chi connectivity index (χ0v) is 18.7. The lowest BCUT2D eigenvalue weighted by Gasteiger charge is -2.34. The minimum Gasteiger partial charge on any atom is -0.485 e. The molecule has 3 aromatic carbocycles. The summed E-state index contributed by atoms with van der Waals surface area (Å²) in [7, 11) is -3.88. The summed E-state index contributed by atoms with van der Waals surface area (Å²) < 4.78 is 73.0. The number of ether oxygens (including phenoxy) is 1. The van der Waals surface area contributed by atoms with Gasteiger partial charge in [0.05, 0.1) is 29.0 Å². The van der Waals surface area contributed by atoms with Crippen LogP contribution in [0.1, 0.15) is 28.8 Å². The number of benzene rings is 3. The van der Waals surface area contributed by atoms with Gasteiger partial charge >= 0.3 is 6.18 Å². The number of nitrogens with zero attached hydrogens (tertiary/aromatic N) is 1. The summed E-state index contributed by atoms with van der Waals surface area (Å²) in [6, 6.07) is 17.6. The van der Waals surface area contributed by atoms with Crippen LogP contribution in [-0.4, -0.2) is 37.2 Å². The molecule has 5 nitrogen and oxygen atoms in total. The number of halogens is 3. The molecular weight excluding hydrogens is 467 g/mol. The first-order valence-electron chi connectivity index (χ1n) is 10.7. The van der Waals surface area contributed by atoms with Crippen molar-refractivity contribution in [1.82, 2.24) is 4.31 Å². The van der Waals surface area contributed by atoms with Crippen molar-refractivity contribution in [3.63, 3.8) is 0 Å². The first-order valence-corrected chi connectivity index (χ1v) is 12.1. The van der Waals surface area contributed by atoms with E-state index in [9.17, 15) is 26.4 Å². The van der Waals surface area contributed by atoms with Crippen molar-refractivity contribution >= 4 is 15.8 Å². The number of alkyl halides is 3. The maximum atomic E-state index is 13.3. The Morgan fingerprint density at radius 1 is 0.912 bits per heavy atom. The molecule has 1 atom stereocenters. The Kier molecular flexibility index (Phi) is 5.29. The average Bonchev–Trinajstić information content (AvgIpc) is 3.22. The number of Topliss-reactive ketones (excluding diaryl/α,β-unsaturated/α-hetero) is 1. The zero-order chi connectivity index (χ0) is 24.1. The number of sulfonamides is 1. The summed E-state index contributed by atoms with van der Waals surface area (Å²) in [5.41, 5.74) is -0.365. The first kappa shape index (κ1) is 22.6. The van der Waals surface area contributed by atoms with Crippen LogP contribution in [-0.2, 0) is 16.2 Å². The molecule has 1 saturated heterocycles. The van der Waals surface area contributed by atoms with Gasteiger partial charge in [0.25, 0.3) is 0 Å². The van der Waals surface area contributed by atoms with Gasteiger partial charge in [-0.15, -0.1) is 0 Å². The molecule has 176 valence electrons. The molecule has 5 rings (SSSR count). The second-order valence-electron chi connectivity index (χ2n) is 8.57. The molecule has 0 aliphatic carbocycles. The van der Waals surface area contributed by atoms with E-state index in [2.05, 4.69) is 0 Å². The number of fused-ring (bicyclic) bond motifs is 1. The molecular formula is C25H20F3NO4S. The van der Waals surface area contributed by atoms with Crippen LogP contribution in [0, 0.1) is 0 Å². The zero-order valence-electron chi connectivity index (χ0n) is 17.9. The third-order valence-electron chi connectivity index (χ3n) is 6.29. The van der Waals surface area contributed by atoms with Crippen molar-refractivity contribution in [3.05, 3.63) is 83.9 Å². The summed E-state index contributed by atoms with van der Waals surface area (Å²) in [6.07, 6.45) is -3.98. The molecule has 9 heteroatoms. The Bertz CT molecular complexity index is 1370. The molecule has 34 heavy (non-hydrogen) atoms. The van der Waals surface area contributed by atoms with Gasteiger partial charge in [0.2, 0.25) is 10.0 Å². The highest BCUT2D eigenvalue weighted by molar-refractivity contribution is 7.89. The van der Waals surface area contributed by atoms with Crippen LogP contribution >= 0.6 is 0 Å². The van der Waals surface area contributed by atoms with E-state index in [1.807, 2.05) is 0 Å². The molecule has 0 radical (unpaired) electrons. The van der Waals surface area contributed by atoms with Crippen LogP contribution in [0.5, 0.6) is 5.75 Å². The fourth-order valence-electron chi connectivity index (χ4n) is 4.53. The van der Waals surface area contributed by atoms with Crippen LogP contribution in [0.3, 0.4) is 0 Å². The van der Waals surface area contributed by atoms with Gasteiger partial charge in [-0.05, 0) is 47.5 Å². The number of carbonyl (C=O) groups is 1. The van der Waals surface area contributed by atoms with Crippen molar-refractivity contribution in [2.24, 2.45) is 0 Å². The van der Waals surface area contributed by atoms with Gasteiger partial charge in [-0.3, -0.25) is 4.79 Å². The molecule has 0 aromatic heterocycles. The predicted molar refractivity (Wildman–Crippen MR) is 119 cm³/mol. The van der Waals surface area contributed by atoms with Crippen LogP contribution in [0.25, 0.3) is 11.1 Å². The summed E-state index contributed by atoms with van der Waals surface area (Å²) in [6.45, 7) is 0.248. The molecule has 2 aliphatic heterocycles. The first-order chi connectivity index (χ1) is 16.1. The summed E-state index contributed by atoms with van der Waals surface area (Å²) in [5, 5.41) is 0. The van der Waals surface area contributed by atoms with Gasteiger partial charge in [-0.25, -0.2) is 8.42 Å². The lowest BCUT2D eigenvalue weighted by molar-refractivity contribution is -0.137. The topological polar surface area (TPSA) is 63.7 Å². The maximum Gasteiger partial charge on any atom is 0.416 e. The van der Waals surface area contributed by atoms with Crippen LogP contribution < -0.4 is 4.74 Å². The normalized spacial score (nSPS) is 20.9. The second-order valence-corrected chi connectivity index (χ2v) is 10.5. The number of para-hydroxylation sites is 1. The van der Waals surface area contributed by atoms with Crippen LogP contribution in [0.2, 0.25) is 0 Å². The lowest BCUT2D eigenvalue weighted by Crippen LogP contribution is -2.45. The Labute approximate surface area is 194 Å². The fraction of sp³-hybridized carbons (Fsp3) is 0.240. The summed E-state index contributed by atoms with van der Waals surface area (Å²) >= 11 is 0. The van der Waals surface area contributed by atoms with E-state index in [1.54, 1.807) is 24.3 Å². The number of carbonyl (C=O) groups excluding carboxylic acids is 1. The number of rotatable bonds is 3. The predicted octanol–water partition coefficient (Wildman–Crippen LogP) is 5.17. The monoisotopic (exact) mass is 487 g/mol. The molecule has 1 spiro atoms. The van der Waals surface area contributed by atoms with Gasteiger partial charge < -0.3 is 4.74 Å². The van der Waals surface area contributed by atoms with E-state index < -0.39 is 27.4 Å². The third-order valence-corrected chi connectivity index (χ3v) is 8.15. The third kappa shape index (κ3) is 3.99. The Hall–Kier alpha value is -3.17. The van der Waals surface area contributed by atoms with Crippen LogP contribution in [0.15, 0.2) is 77.7 Å². The molecule has 0 bridgehead atoms. The SMILES string of the molecule is O=C1CC2(CCN(S(=O)(=O)c3ccc(-c4cccc(C(F)(F)F)c4)cc3)C2)Oc2ccccc21. The van der Waals surface area contributed by atoms with Crippen molar-refractivity contribution in [1.29, 1.82) is 0 Å². The van der Waals surface area contributed by atoms with Crippen LogP contribution in [0.4, 0.5) is 13.2 Å². The molecule has 0 saturated carbocycles. The molecule has 1 fully saturated rings. The van der Waals surface area contributed by atoms with Gasteiger partial charge in [-0.1, -0.05) is 36.4 Å². The quantitative estimate of drug-likeness (QED) is 0.511. The largest absolute Gasteiger partial charge is 0.485 e. The van der Waals surface area contributed by atoms with E-state index in [0.717, 1.165) is 12.1 Å². The van der Waals surface area contributed by atoms with Gasteiger partial charge in [0.15, 0.2) is 5.78 Å². The van der Waals surface area contributed by atoms with E-state index in [-0.39, 0.29) is 30.2 Å². The summed E-state index contributed by atoms with van der Waals surface area (Å²) in [4.78, 5) is 12.6. The van der Waals surface area contributed by atoms with Gasteiger partial charge in [0, 0.05) is 13.0 Å². The summed E-state index contributed by atoms with van der Waals surface area (Å²) in [5.74, 6) is 0.384. The highest BCUT2D eigenvalue weighted by atomic mass is 32.2. The molecule has 2 aliphatic rings. The molecule has 0 N–H and O–H groups in total. The number of hydrogen-bond donors (Lipinski definition) is 0. The Balaban J connectivity index is 1.37. The number of ketones is 1. The lowest BCUT2D eigenvalue weighted by atomic mass is 9.89. The molecule has 2 heterocycles. The van der Waals surface area contributed by atoms with Crippen molar-refractivity contribution in [3.8, 4) is 16.9 Å². The van der Waals surface area contributed by atoms with Gasteiger partial charge in [-0.2, -0.15) is 17.5 Å². The highest BCUT2D eigenvalue weighted by Gasteiger charge is 2.48. The van der Waals surface area contributed by atoms with Crippen molar-refractivity contribution in [2.75, 3.05) is 13.1 Å². The standard InChI is InChI=1S/C25H20F3NO4S/c26-25(27,28)19-5-3-4-18(14-19)17-8-10-20(11-9-17)34(31,32)29-13-12-24(16-29)15-22(30)21-6-1-2-7-23(21)33-24/h1-11,14H,12-13,15-16H2. The minimum absolute atomic E-state index is 0.0304. The van der Waals surface area contributed by atoms with Crippen molar-refractivity contribution in [2.45, 2.75) is 29.5 Å². The number of hydrogen-bond acceptors (Lipinski definition) is 4. The van der Waals surface area contributed by atoms with Gasteiger partial charge in [0.1, 0.15) is 11.4 Å². The maximum absolute atomic E-state index is 13.3. The Morgan fingerprint density at radius 3 is 2.38 bits per heavy atom. The fourth-order valence-corrected chi connectivity index (χ4v) is 6.04. The smallest absolute Gasteiger partial charge is 0.416 e. The van der Waals surface area contributed by atoms with Crippen molar-refractivity contribution < 1.29 is 31.1 Å². The van der Waals surface area contributed by atoms with E-state index in [1.165, 1.54) is 40.7 Å². The minimum atomic E-state index is -4.46. The second kappa shape index (κ2) is 7.95. The van der Waals surface area contributed by atoms with E-state index in [4.69, 9.17) is 4.74 Å². The highest BCUT2D eigenvalue weighted by Crippen LogP contribution is 2.40. The molecule has 0 amide bonds.